The van der Waals surface area contributed by atoms with E-state index < -0.39 is 15.9 Å². The van der Waals surface area contributed by atoms with Crippen LogP contribution in [0.25, 0.3) is 0 Å². The molecule has 0 saturated carbocycles. The van der Waals surface area contributed by atoms with Crippen LogP contribution in [0.3, 0.4) is 0 Å². The van der Waals surface area contributed by atoms with E-state index in [2.05, 4.69) is 5.32 Å². The van der Waals surface area contributed by atoms with Gasteiger partial charge < -0.3 is 10.1 Å². The first-order chi connectivity index (χ1) is 12.8. The molecule has 1 fully saturated rings. The van der Waals surface area contributed by atoms with Crippen molar-refractivity contribution < 1.29 is 17.9 Å². The highest BCUT2D eigenvalue weighted by Gasteiger charge is 2.27. The Hall–Kier alpha value is -1.35. The number of morpholine rings is 1. The zero-order valence-electron chi connectivity index (χ0n) is 13.9. The Labute approximate surface area is 172 Å². The standard InChI is InChI=1S/C17H15Cl3N2O4S/c18-11-7-12(19)9-13(8-11)21-17(23)15-10-14(1-2-16(15)20)27(24,25)22-3-5-26-6-4-22/h1-2,7-10H,3-6H2,(H,21,23). The van der Waals surface area contributed by atoms with Crippen molar-refractivity contribution in [2.45, 2.75) is 4.90 Å². The van der Waals surface area contributed by atoms with Crippen LogP contribution in [0, 0.1) is 0 Å². The number of rotatable bonds is 4. The second-order valence-corrected chi connectivity index (χ2v) is 8.99. The van der Waals surface area contributed by atoms with Crippen LogP contribution in [0.1, 0.15) is 10.4 Å². The van der Waals surface area contributed by atoms with Crippen LogP contribution in [0.4, 0.5) is 5.69 Å². The van der Waals surface area contributed by atoms with Crippen molar-refractivity contribution in [3.63, 3.8) is 0 Å². The van der Waals surface area contributed by atoms with E-state index in [4.69, 9.17) is 39.5 Å². The van der Waals surface area contributed by atoms with E-state index in [9.17, 15) is 13.2 Å². The SMILES string of the molecule is O=C(Nc1cc(Cl)cc(Cl)c1)c1cc(S(=O)(=O)N2CCOCC2)ccc1Cl. The van der Waals surface area contributed by atoms with Gasteiger partial charge in [-0.25, -0.2) is 8.42 Å². The van der Waals surface area contributed by atoms with E-state index in [1.54, 1.807) is 0 Å². The first-order valence-electron chi connectivity index (χ1n) is 7.92. The Morgan fingerprint density at radius 3 is 2.26 bits per heavy atom. The van der Waals surface area contributed by atoms with Crippen LogP contribution >= 0.6 is 34.8 Å². The minimum Gasteiger partial charge on any atom is -0.379 e. The van der Waals surface area contributed by atoms with Crippen molar-refractivity contribution in [1.29, 1.82) is 0 Å². The quantitative estimate of drug-likeness (QED) is 0.767. The number of anilines is 1. The number of halogens is 3. The topological polar surface area (TPSA) is 75.7 Å². The van der Waals surface area contributed by atoms with Crippen LogP contribution in [0.15, 0.2) is 41.3 Å². The van der Waals surface area contributed by atoms with Gasteiger partial charge in [0.1, 0.15) is 0 Å². The summed E-state index contributed by atoms with van der Waals surface area (Å²) in [5, 5.41) is 3.45. The summed E-state index contributed by atoms with van der Waals surface area (Å²) in [7, 11) is -3.75. The summed E-state index contributed by atoms with van der Waals surface area (Å²) in [5.41, 5.74) is 0.400. The molecule has 27 heavy (non-hydrogen) atoms. The Kier molecular flexibility index (Phi) is 6.30. The lowest BCUT2D eigenvalue weighted by molar-refractivity contribution is 0.0730. The molecule has 0 atom stereocenters. The Bertz CT molecular complexity index is 956. The molecule has 0 radical (unpaired) electrons. The minimum absolute atomic E-state index is 0.0110. The fraction of sp³-hybridized carbons (Fsp3) is 0.235. The molecule has 1 heterocycles. The van der Waals surface area contributed by atoms with Crippen molar-refractivity contribution in [2.75, 3.05) is 31.6 Å². The van der Waals surface area contributed by atoms with Crippen molar-refractivity contribution in [3.05, 3.63) is 57.0 Å². The van der Waals surface area contributed by atoms with E-state index in [0.29, 0.717) is 28.9 Å². The van der Waals surface area contributed by atoms with Gasteiger partial charge in [0.25, 0.3) is 5.91 Å². The third-order valence-electron chi connectivity index (χ3n) is 3.91. The van der Waals surface area contributed by atoms with Crippen LogP contribution in [0.2, 0.25) is 15.1 Å². The van der Waals surface area contributed by atoms with Crippen LogP contribution in [-0.4, -0.2) is 44.9 Å². The molecular formula is C17H15Cl3N2O4S. The third kappa shape index (κ3) is 4.74. The number of nitrogens with one attached hydrogen (secondary N) is 1. The monoisotopic (exact) mass is 448 g/mol. The molecule has 0 aliphatic carbocycles. The third-order valence-corrected chi connectivity index (χ3v) is 6.57. The molecule has 3 rings (SSSR count). The summed E-state index contributed by atoms with van der Waals surface area (Å²) >= 11 is 18.0. The Balaban J connectivity index is 1.89. The van der Waals surface area contributed by atoms with Gasteiger partial charge in [-0.15, -0.1) is 0 Å². The molecule has 144 valence electrons. The highest BCUT2D eigenvalue weighted by Crippen LogP contribution is 2.26. The smallest absolute Gasteiger partial charge is 0.257 e. The van der Waals surface area contributed by atoms with Gasteiger partial charge in [-0.2, -0.15) is 4.31 Å². The molecule has 10 heteroatoms. The average Bonchev–Trinajstić information content (AvgIpc) is 2.61. The zero-order valence-corrected chi connectivity index (χ0v) is 17.0. The number of benzene rings is 2. The molecule has 2 aromatic rings. The second-order valence-electron chi connectivity index (χ2n) is 5.77. The molecule has 1 aliphatic rings. The number of ether oxygens (including phenoxy) is 1. The van der Waals surface area contributed by atoms with Crippen LogP contribution in [-0.2, 0) is 14.8 Å². The first-order valence-corrected chi connectivity index (χ1v) is 10.5. The van der Waals surface area contributed by atoms with Gasteiger partial charge in [-0.3, -0.25) is 4.79 Å². The summed E-state index contributed by atoms with van der Waals surface area (Å²) in [6.07, 6.45) is 0. The molecule has 1 N–H and O–H groups in total. The van der Waals surface area contributed by atoms with Crippen LogP contribution in [0.5, 0.6) is 0 Å². The number of amides is 1. The number of hydrogen-bond donors (Lipinski definition) is 1. The average molecular weight is 450 g/mol. The zero-order chi connectivity index (χ0) is 19.6. The summed E-state index contributed by atoms with van der Waals surface area (Å²) in [4.78, 5) is 12.6. The summed E-state index contributed by atoms with van der Waals surface area (Å²) < 4.78 is 32.1. The minimum atomic E-state index is -3.75. The maximum absolute atomic E-state index is 12.8. The van der Waals surface area contributed by atoms with Crippen LogP contribution < -0.4 is 5.32 Å². The molecular weight excluding hydrogens is 435 g/mol. The molecule has 1 amide bonds. The predicted molar refractivity (Wildman–Crippen MR) is 105 cm³/mol. The van der Waals surface area contributed by atoms with Crippen molar-refractivity contribution >= 4 is 56.4 Å². The highest BCUT2D eigenvalue weighted by atomic mass is 35.5. The molecule has 2 aromatic carbocycles. The van der Waals surface area contributed by atoms with E-state index in [1.807, 2.05) is 0 Å². The largest absolute Gasteiger partial charge is 0.379 e. The highest BCUT2D eigenvalue weighted by molar-refractivity contribution is 7.89. The number of hydrogen-bond acceptors (Lipinski definition) is 4. The lowest BCUT2D eigenvalue weighted by atomic mass is 10.2. The van der Waals surface area contributed by atoms with E-state index in [0.717, 1.165) is 0 Å². The molecule has 6 nitrogen and oxygen atoms in total. The lowest BCUT2D eigenvalue weighted by Gasteiger charge is -2.26. The summed E-state index contributed by atoms with van der Waals surface area (Å²) in [5.74, 6) is -0.572. The van der Waals surface area contributed by atoms with Gasteiger partial charge in [0, 0.05) is 28.8 Å². The summed E-state index contributed by atoms with van der Waals surface area (Å²) in [6, 6.07) is 8.59. The molecule has 0 bridgehead atoms. The maximum atomic E-state index is 12.8. The number of carbonyl (C=O) groups excluding carboxylic acids is 1. The Morgan fingerprint density at radius 2 is 1.63 bits per heavy atom. The van der Waals surface area contributed by atoms with Crippen molar-refractivity contribution in [2.24, 2.45) is 0 Å². The number of nitrogens with zero attached hydrogens (tertiary/aromatic N) is 1. The fourth-order valence-corrected chi connectivity index (χ4v) is 4.76. The lowest BCUT2D eigenvalue weighted by Crippen LogP contribution is -2.40. The first kappa shape index (κ1) is 20.4. The van der Waals surface area contributed by atoms with E-state index in [1.165, 1.54) is 40.7 Å². The summed E-state index contributed by atoms with van der Waals surface area (Å²) in [6.45, 7) is 1.17. The van der Waals surface area contributed by atoms with Crippen molar-refractivity contribution in [1.82, 2.24) is 4.31 Å². The molecule has 1 saturated heterocycles. The van der Waals surface area contributed by atoms with Crippen molar-refractivity contribution in [3.8, 4) is 0 Å². The molecule has 1 aliphatic heterocycles. The second kappa shape index (κ2) is 8.34. The normalized spacial score (nSPS) is 15.5. The molecule has 0 aromatic heterocycles. The predicted octanol–water partition coefficient (Wildman–Crippen LogP) is 3.92. The number of carbonyl (C=O) groups is 1. The van der Waals surface area contributed by atoms with Gasteiger partial charge in [-0.1, -0.05) is 34.8 Å². The van der Waals surface area contributed by atoms with Gasteiger partial charge in [0.05, 0.1) is 28.7 Å². The van der Waals surface area contributed by atoms with Gasteiger partial charge in [0.15, 0.2) is 0 Å². The fourth-order valence-electron chi connectivity index (χ4n) is 2.60. The maximum Gasteiger partial charge on any atom is 0.257 e. The number of sulfonamides is 1. The van der Waals surface area contributed by atoms with E-state index >= 15 is 0 Å². The molecule has 0 unspecified atom stereocenters. The van der Waals surface area contributed by atoms with Gasteiger partial charge in [-0.05, 0) is 36.4 Å². The molecule has 0 spiro atoms. The Morgan fingerprint density at radius 1 is 1.00 bits per heavy atom. The van der Waals surface area contributed by atoms with Gasteiger partial charge in [0.2, 0.25) is 10.0 Å². The van der Waals surface area contributed by atoms with Gasteiger partial charge >= 0.3 is 0 Å². The van der Waals surface area contributed by atoms with E-state index in [-0.39, 0.29) is 28.6 Å².